The Labute approximate surface area is 343 Å². The van der Waals surface area contributed by atoms with E-state index in [4.69, 9.17) is 34.3 Å². The third-order valence-electron chi connectivity index (χ3n) is 9.73. The number of rotatable bonds is 35. The highest BCUT2D eigenvalue weighted by Gasteiger charge is 2.22. The quantitative estimate of drug-likeness (QED) is 0.0238. The van der Waals surface area contributed by atoms with Crippen LogP contribution in [-0.4, -0.2) is 34.5 Å². The van der Waals surface area contributed by atoms with Gasteiger partial charge in [-0.2, -0.15) is 50.5 Å². The Hall–Kier alpha value is 0.540. The highest BCUT2D eigenvalue weighted by Crippen LogP contribution is 2.42. The fourth-order valence-corrected chi connectivity index (χ4v) is 10.3. The van der Waals surface area contributed by atoms with E-state index in [1.807, 2.05) is 18.2 Å². The van der Waals surface area contributed by atoms with Gasteiger partial charge < -0.3 is 18.8 Å². The zero-order valence-electron chi connectivity index (χ0n) is 32.0. The van der Waals surface area contributed by atoms with E-state index in [0.717, 1.165) is 68.8 Å². The highest BCUT2D eigenvalue weighted by atomic mass is 32.1. The Bertz CT molecular complexity index is 1090. The molecule has 52 heavy (non-hydrogen) atoms. The zero-order valence-corrected chi connectivity index (χ0v) is 37.3. The first-order valence-corrected chi connectivity index (χ1v) is 25.2. The Kier molecular flexibility index (Phi) is 31.5. The van der Waals surface area contributed by atoms with E-state index in [-0.39, 0.29) is 10.5 Å². The lowest BCUT2D eigenvalue weighted by atomic mass is 10.0. The second-order valence-corrected chi connectivity index (χ2v) is 18.9. The van der Waals surface area contributed by atoms with Gasteiger partial charge in [-0.05, 0) is 73.3 Å². The summed E-state index contributed by atoms with van der Waals surface area (Å²) in [6.07, 6.45) is 29.6. The van der Waals surface area contributed by atoms with Crippen LogP contribution in [0.25, 0.3) is 0 Å². The highest BCUT2D eigenvalue weighted by molar-refractivity contribution is 7.81. The predicted molar refractivity (Wildman–Crippen MR) is 244 cm³/mol. The van der Waals surface area contributed by atoms with Gasteiger partial charge in [0.15, 0.2) is 8.38 Å². The molecule has 0 aliphatic rings. The van der Waals surface area contributed by atoms with Crippen LogP contribution in [0.1, 0.15) is 176 Å². The van der Waals surface area contributed by atoms with Crippen LogP contribution in [0.2, 0.25) is 0 Å². The molecule has 0 aliphatic heterocycles. The summed E-state index contributed by atoms with van der Waals surface area (Å²) in [5.74, 6) is 2.03. The molecule has 0 saturated heterocycles. The smallest absolute Gasteiger partial charge is 0.205 e. The van der Waals surface area contributed by atoms with Gasteiger partial charge in [0.25, 0.3) is 0 Å². The molecule has 0 aromatic heterocycles. The first-order valence-electron chi connectivity index (χ1n) is 20.5. The van der Waals surface area contributed by atoms with Gasteiger partial charge in [0.1, 0.15) is 0 Å². The SMILES string of the molecule is OP(O)c1ccccc1C(S)CCCCC(S)c1ccccc1P(OCCCCCCCCCCCCS)OCCCCCCCCCCCCS. The molecule has 2 N–H and O–H groups in total. The van der Waals surface area contributed by atoms with Crippen LogP contribution in [0.15, 0.2) is 48.5 Å². The molecule has 2 unspecified atom stereocenters. The fourth-order valence-electron chi connectivity index (χ4n) is 6.60. The second kappa shape index (κ2) is 33.7. The Balaban J connectivity index is 1.84. The molecule has 2 aromatic rings. The van der Waals surface area contributed by atoms with E-state index in [1.165, 1.54) is 126 Å². The second-order valence-electron chi connectivity index (χ2n) is 14.2. The van der Waals surface area contributed by atoms with Crippen molar-refractivity contribution in [1.82, 2.24) is 0 Å². The van der Waals surface area contributed by atoms with Crippen LogP contribution in [0.3, 0.4) is 0 Å². The zero-order chi connectivity index (χ0) is 37.5. The number of hydrogen-bond acceptors (Lipinski definition) is 8. The van der Waals surface area contributed by atoms with Crippen molar-refractivity contribution >= 4 is 77.9 Å². The van der Waals surface area contributed by atoms with Crippen molar-refractivity contribution in [3.63, 3.8) is 0 Å². The molecule has 0 aliphatic carbocycles. The lowest BCUT2D eigenvalue weighted by Crippen LogP contribution is -2.14. The predicted octanol–water partition coefficient (Wildman–Crippen LogP) is 13.4. The van der Waals surface area contributed by atoms with Crippen molar-refractivity contribution in [3.05, 3.63) is 59.7 Å². The summed E-state index contributed by atoms with van der Waals surface area (Å²) in [6.45, 7) is 1.48. The number of thiol groups is 4. The molecule has 2 rings (SSSR count). The van der Waals surface area contributed by atoms with Gasteiger partial charge >= 0.3 is 0 Å². The maximum atomic E-state index is 9.85. The van der Waals surface area contributed by atoms with Crippen molar-refractivity contribution in [2.24, 2.45) is 0 Å². The van der Waals surface area contributed by atoms with Crippen LogP contribution in [0.5, 0.6) is 0 Å². The van der Waals surface area contributed by atoms with E-state index in [2.05, 4.69) is 49.5 Å². The van der Waals surface area contributed by atoms with E-state index >= 15 is 0 Å². The average molecular weight is 831 g/mol. The topological polar surface area (TPSA) is 58.9 Å². The molecule has 298 valence electrons. The minimum atomic E-state index is -2.13. The fraction of sp³-hybridized carbons (Fsp3) is 0.714. The average Bonchev–Trinajstić information content (AvgIpc) is 3.16. The van der Waals surface area contributed by atoms with Gasteiger partial charge in [-0.15, -0.1) is 0 Å². The molecule has 0 heterocycles. The van der Waals surface area contributed by atoms with Crippen molar-refractivity contribution in [2.45, 2.75) is 165 Å². The molecule has 0 bridgehead atoms. The summed E-state index contributed by atoms with van der Waals surface area (Å²) >= 11 is 18.6. The molecule has 0 spiro atoms. The van der Waals surface area contributed by atoms with Gasteiger partial charge in [-0.1, -0.05) is 152 Å². The van der Waals surface area contributed by atoms with Gasteiger partial charge in [-0.3, -0.25) is 0 Å². The Morgan fingerprint density at radius 1 is 0.442 bits per heavy atom. The Morgan fingerprint density at radius 3 is 1.15 bits per heavy atom. The van der Waals surface area contributed by atoms with E-state index < -0.39 is 16.8 Å². The van der Waals surface area contributed by atoms with Gasteiger partial charge in [0, 0.05) is 21.1 Å². The van der Waals surface area contributed by atoms with Gasteiger partial charge in [0.05, 0.1) is 13.2 Å². The molecule has 4 nitrogen and oxygen atoms in total. The summed E-state index contributed by atoms with van der Waals surface area (Å²) in [7, 11) is -3.30. The normalized spacial score (nSPS) is 13.0. The summed E-state index contributed by atoms with van der Waals surface area (Å²) in [4.78, 5) is 19.7. The lowest BCUT2D eigenvalue weighted by molar-refractivity contribution is 0.246. The summed E-state index contributed by atoms with van der Waals surface area (Å²) in [5.41, 5.74) is 2.14. The minimum Gasteiger partial charge on any atom is -0.347 e. The minimum absolute atomic E-state index is 0.0260. The maximum Gasteiger partial charge on any atom is 0.205 e. The lowest BCUT2D eigenvalue weighted by Gasteiger charge is -2.23. The van der Waals surface area contributed by atoms with Gasteiger partial charge in [-0.25, -0.2) is 0 Å². The van der Waals surface area contributed by atoms with E-state index in [9.17, 15) is 9.79 Å². The molecule has 0 fully saturated rings. The van der Waals surface area contributed by atoms with E-state index in [0.29, 0.717) is 5.30 Å². The van der Waals surface area contributed by atoms with E-state index in [1.54, 1.807) is 6.07 Å². The molecule has 2 aromatic carbocycles. The summed E-state index contributed by atoms with van der Waals surface area (Å²) < 4.78 is 13.2. The van der Waals surface area contributed by atoms with Crippen molar-refractivity contribution in [3.8, 4) is 0 Å². The van der Waals surface area contributed by atoms with Crippen LogP contribution in [0, 0.1) is 0 Å². The monoisotopic (exact) mass is 830 g/mol. The first kappa shape index (κ1) is 48.7. The summed E-state index contributed by atoms with van der Waals surface area (Å²) in [5, 5.41) is 1.84. The maximum absolute atomic E-state index is 9.85. The van der Waals surface area contributed by atoms with Crippen molar-refractivity contribution in [2.75, 3.05) is 24.7 Å². The van der Waals surface area contributed by atoms with Crippen LogP contribution in [0.4, 0.5) is 0 Å². The molecule has 0 radical (unpaired) electrons. The number of hydrogen-bond donors (Lipinski definition) is 6. The molecule has 2 atom stereocenters. The van der Waals surface area contributed by atoms with Crippen LogP contribution >= 0.6 is 67.3 Å². The van der Waals surface area contributed by atoms with Gasteiger partial charge in [0.2, 0.25) is 8.38 Å². The number of benzene rings is 2. The molecule has 0 saturated carbocycles. The standard InChI is InChI=1S/C42H72O4P2S4/c43-47(44)39-29-19-17-27-37(39)41(51)31-21-22-32-42(52)38-28-18-20-30-40(38)48(45-33-23-13-9-5-1-3-7-11-15-25-35-49)46-34-24-14-10-6-2-4-8-12-16-26-36-50/h17-20,27-30,41-44,49-52H,1-16,21-26,31-36H2. The molecular weight excluding hydrogens is 759 g/mol. The third kappa shape index (κ3) is 22.9. The molecule has 10 heteroatoms. The largest absolute Gasteiger partial charge is 0.347 e. The van der Waals surface area contributed by atoms with Crippen molar-refractivity contribution < 1.29 is 18.8 Å². The third-order valence-corrected chi connectivity index (χ3v) is 13.9. The Morgan fingerprint density at radius 2 is 0.769 bits per heavy atom. The molecular formula is C42H72O4P2S4. The van der Waals surface area contributed by atoms with Crippen LogP contribution < -0.4 is 10.6 Å². The number of unbranched alkanes of at least 4 members (excludes halogenated alkanes) is 19. The molecule has 0 amide bonds. The first-order chi connectivity index (χ1) is 25.5. The van der Waals surface area contributed by atoms with Crippen LogP contribution in [-0.2, 0) is 9.05 Å². The summed E-state index contributed by atoms with van der Waals surface area (Å²) in [6, 6.07) is 16.1. The van der Waals surface area contributed by atoms with Crippen molar-refractivity contribution in [1.29, 1.82) is 0 Å².